The average Bonchev–Trinajstić information content (AvgIpc) is 2.37. The first kappa shape index (κ1) is 18.1. The van der Waals surface area contributed by atoms with Crippen molar-refractivity contribution in [2.75, 3.05) is 24.5 Å². The number of rotatable bonds is 7. The van der Waals surface area contributed by atoms with Crippen LogP contribution >= 0.6 is 11.6 Å². The van der Waals surface area contributed by atoms with Crippen LogP contribution in [0.15, 0.2) is 18.2 Å². The molecule has 21 heavy (non-hydrogen) atoms. The second kappa shape index (κ2) is 7.90. The normalized spacial score (nSPS) is 13.3. The summed E-state index contributed by atoms with van der Waals surface area (Å²) in [4.78, 5) is 1.28. The van der Waals surface area contributed by atoms with E-state index in [0.29, 0.717) is 23.7 Å². The molecule has 0 heterocycles. The summed E-state index contributed by atoms with van der Waals surface area (Å²) in [6.45, 7) is 5.99. The van der Waals surface area contributed by atoms with E-state index in [4.69, 9.17) is 11.6 Å². The lowest BCUT2D eigenvalue weighted by molar-refractivity contribution is -0.119. The van der Waals surface area contributed by atoms with Gasteiger partial charge < -0.3 is 10.2 Å². The zero-order valence-electron chi connectivity index (χ0n) is 12.6. The Labute approximate surface area is 129 Å². The van der Waals surface area contributed by atoms with Crippen molar-refractivity contribution in [1.82, 2.24) is 5.32 Å². The standard InChI is InChI=1S/C15H22ClF3N2/c1-4-8-21(10-15(17,18)19)14-7-6-12(9-13(14)16)11(3)20-5-2/h6-7,9,11,20H,4-5,8,10H2,1-3H3. The smallest absolute Gasteiger partial charge is 0.361 e. The van der Waals surface area contributed by atoms with Crippen molar-refractivity contribution >= 4 is 17.3 Å². The second-order valence-corrected chi connectivity index (χ2v) is 5.43. The highest BCUT2D eigenvalue weighted by atomic mass is 35.5. The van der Waals surface area contributed by atoms with Gasteiger partial charge in [0.2, 0.25) is 0 Å². The van der Waals surface area contributed by atoms with Crippen LogP contribution in [0.1, 0.15) is 38.8 Å². The van der Waals surface area contributed by atoms with E-state index in [1.807, 2.05) is 26.8 Å². The van der Waals surface area contributed by atoms with E-state index < -0.39 is 12.7 Å². The van der Waals surface area contributed by atoms with Crippen LogP contribution in [-0.2, 0) is 0 Å². The highest BCUT2D eigenvalue weighted by Gasteiger charge is 2.31. The van der Waals surface area contributed by atoms with Crippen molar-refractivity contribution in [3.63, 3.8) is 0 Å². The van der Waals surface area contributed by atoms with Gasteiger partial charge in [-0.25, -0.2) is 0 Å². The molecule has 1 aromatic rings. The number of hydrogen-bond donors (Lipinski definition) is 1. The van der Waals surface area contributed by atoms with Gasteiger partial charge in [-0.15, -0.1) is 0 Å². The maximum absolute atomic E-state index is 12.7. The lowest BCUT2D eigenvalue weighted by Crippen LogP contribution is -2.35. The molecule has 1 rings (SSSR count). The topological polar surface area (TPSA) is 15.3 Å². The fraction of sp³-hybridized carbons (Fsp3) is 0.600. The van der Waals surface area contributed by atoms with E-state index >= 15 is 0 Å². The Hall–Kier alpha value is -0.940. The Balaban J connectivity index is 2.99. The van der Waals surface area contributed by atoms with Crippen LogP contribution in [-0.4, -0.2) is 25.8 Å². The van der Waals surface area contributed by atoms with Crippen LogP contribution in [0.5, 0.6) is 0 Å². The summed E-state index contributed by atoms with van der Waals surface area (Å²) < 4.78 is 38.0. The molecule has 2 nitrogen and oxygen atoms in total. The van der Waals surface area contributed by atoms with E-state index in [9.17, 15) is 13.2 Å². The molecular formula is C15H22ClF3N2. The van der Waals surface area contributed by atoms with Crippen molar-refractivity contribution in [2.45, 2.75) is 39.4 Å². The molecule has 1 unspecified atom stereocenters. The molecule has 0 aliphatic carbocycles. The third kappa shape index (κ3) is 5.75. The Morgan fingerprint density at radius 1 is 1.29 bits per heavy atom. The molecule has 120 valence electrons. The number of hydrogen-bond acceptors (Lipinski definition) is 2. The second-order valence-electron chi connectivity index (χ2n) is 5.03. The molecule has 0 saturated heterocycles. The van der Waals surface area contributed by atoms with E-state index in [1.165, 1.54) is 4.90 Å². The molecule has 0 spiro atoms. The summed E-state index contributed by atoms with van der Waals surface area (Å²) in [5.41, 5.74) is 1.40. The maximum atomic E-state index is 12.7. The molecule has 0 fully saturated rings. The highest BCUT2D eigenvalue weighted by Crippen LogP contribution is 2.31. The zero-order valence-corrected chi connectivity index (χ0v) is 13.4. The van der Waals surface area contributed by atoms with Crippen molar-refractivity contribution in [3.05, 3.63) is 28.8 Å². The number of benzene rings is 1. The largest absolute Gasteiger partial charge is 0.405 e. The van der Waals surface area contributed by atoms with Crippen LogP contribution < -0.4 is 10.2 Å². The van der Waals surface area contributed by atoms with Crippen LogP contribution in [0.3, 0.4) is 0 Å². The van der Waals surface area contributed by atoms with Gasteiger partial charge in [0.25, 0.3) is 0 Å². The Bertz CT molecular complexity index is 449. The molecule has 0 radical (unpaired) electrons. The first-order valence-corrected chi connectivity index (χ1v) is 7.50. The maximum Gasteiger partial charge on any atom is 0.405 e. The first-order chi connectivity index (χ1) is 9.78. The van der Waals surface area contributed by atoms with Gasteiger partial charge >= 0.3 is 6.18 Å². The number of anilines is 1. The van der Waals surface area contributed by atoms with Crippen molar-refractivity contribution in [1.29, 1.82) is 0 Å². The minimum absolute atomic E-state index is 0.115. The molecule has 0 aromatic heterocycles. The highest BCUT2D eigenvalue weighted by molar-refractivity contribution is 6.33. The summed E-state index contributed by atoms with van der Waals surface area (Å²) in [5.74, 6) is 0. The molecule has 0 aliphatic rings. The molecule has 0 saturated carbocycles. The lowest BCUT2D eigenvalue weighted by Gasteiger charge is -2.27. The van der Waals surface area contributed by atoms with Gasteiger partial charge in [0, 0.05) is 12.6 Å². The van der Waals surface area contributed by atoms with Crippen LogP contribution in [0.25, 0.3) is 0 Å². The third-order valence-corrected chi connectivity index (χ3v) is 3.49. The van der Waals surface area contributed by atoms with E-state index in [0.717, 1.165) is 12.1 Å². The third-order valence-electron chi connectivity index (χ3n) is 3.19. The summed E-state index contributed by atoms with van der Waals surface area (Å²) in [6.07, 6.45) is -3.61. The van der Waals surface area contributed by atoms with E-state index in [2.05, 4.69) is 5.32 Å². The Kier molecular flexibility index (Phi) is 6.81. The fourth-order valence-corrected chi connectivity index (χ4v) is 2.55. The molecule has 0 aliphatic heterocycles. The Morgan fingerprint density at radius 2 is 1.95 bits per heavy atom. The molecule has 1 aromatic carbocycles. The van der Waals surface area contributed by atoms with Gasteiger partial charge in [-0.1, -0.05) is 31.5 Å². The van der Waals surface area contributed by atoms with Gasteiger partial charge in [-0.3, -0.25) is 0 Å². The lowest BCUT2D eigenvalue weighted by atomic mass is 10.1. The van der Waals surface area contributed by atoms with Crippen molar-refractivity contribution in [3.8, 4) is 0 Å². The minimum Gasteiger partial charge on any atom is -0.361 e. The van der Waals surface area contributed by atoms with Gasteiger partial charge in [0.15, 0.2) is 0 Å². The molecule has 6 heteroatoms. The van der Waals surface area contributed by atoms with Gasteiger partial charge in [0.1, 0.15) is 6.54 Å². The van der Waals surface area contributed by atoms with Crippen LogP contribution in [0.2, 0.25) is 5.02 Å². The van der Waals surface area contributed by atoms with Crippen molar-refractivity contribution in [2.24, 2.45) is 0 Å². The predicted molar refractivity (Wildman–Crippen MR) is 82.1 cm³/mol. The first-order valence-electron chi connectivity index (χ1n) is 7.13. The van der Waals surface area contributed by atoms with E-state index in [-0.39, 0.29) is 6.04 Å². The summed E-state index contributed by atoms with van der Waals surface area (Å²) in [5, 5.41) is 3.61. The quantitative estimate of drug-likeness (QED) is 0.776. The number of halogens is 4. The van der Waals surface area contributed by atoms with Gasteiger partial charge in [-0.2, -0.15) is 13.2 Å². The minimum atomic E-state index is -4.24. The average molecular weight is 323 g/mol. The Morgan fingerprint density at radius 3 is 2.43 bits per heavy atom. The summed E-state index contributed by atoms with van der Waals surface area (Å²) in [7, 11) is 0. The number of nitrogens with zero attached hydrogens (tertiary/aromatic N) is 1. The van der Waals surface area contributed by atoms with Crippen LogP contribution in [0, 0.1) is 0 Å². The van der Waals surface area contributed by atoms with Crippen LogP contribution in [0.4, 0.5) is 18.9 Å². The van der Waals surface area contributed by atoms with E-state index in [1.54, 1.807) is 12.1 Å². The van der Waals surface area contributed by atoms with Gasteiger partial charge in [0.05, 0.1) is 10.7 Å². The molecule has 1 N–H and O–H groups in total. The molecule has 1 atom stereocenters. The summed E-state index contributed by atoms with van der Waals surface area (Å²) in [6, 6.07) is 5.35. The number of nitrogens with one attached hydrogen (secondary N) is 1. The van der Waals surface area contributed by atoms with Crippen molar-refractivity contribution < 1.29 is 13.2 Å². The molecule has 0 amide bonds. The SMILES string of the molecule is CCCN(CC(F)(F)F)c1ccc(C(C)NCC)cc1Cl. The molecular weight excluding hydrogens is 301 g/mol. The predicted octanol–water partition coefficient (Wildman–Crippen LogP) is 4.79. The summed E-state index contributed by atoms with van der Waals surface area (Å²) >= 11 is 6.20. The zero-order chi connectivity index (χ0) is 16.0. The molecule has 0 bridgehead atoms. The number of alkyl halides is 3. The van der Waals surface area contributed by atoms with Gasteiger partial charge in [-0.05, 0) is 37.6 Å². The fourth-order valence-electron chi connectivity index (χ4n) is 2.24. The monoisotopic (exact) mass is 322 g/mol.